The highest BCUT2D eigenvalue weighted by Crippen LogP contribution is 2.38. The second-order valence-electron chi connectivity index (χ2n) is 6.74. The number of nitrogens with one attached hydrogen (secondary N) is 1. The lowest BCUT2D eigenvalue weighted by Crippen LogP contribution is -2.30. The summed E-state index contributed by atoms with van der Waals surface area (Å²) < 4.78 is 43.0. The van der Waals surface area contributed by atoms with Crippen LogP contribution in [0, 0.1) is 17.6 Å². The average molecular weight is 391 g/mol. The van der Waals surface area contributed by atoms with Crippen molar-refractivity contribution >= 4 is 5.78 Å². The Morgan fingerprint density at radius 1 is 1.00 bits per heavy atom. The van der Waals surface area contributed by atoms with Crippen molar-refractivity contribution in [1.29, 1.82) is 0 Å². The largest absolute Gasteiger partial charge is 0.493 e. The molecule has 0 spiro atoms. The van der Waals surface area contributed by atoms with Crippen LogP contribution in [0.2, 0.25) is 0 Å². The van der Waals surface area contributed by atoms with Gasteiger partial charge >= 0.3 is 0 Å². The molecule has 2 unspecified atom stereocenters. The van der Waals surface area contributed by atoms with E-state index in [1.807, 2.05) is 12.1 Å². The van der Waals surface area contributed by atoms with Gasteiger partial charge in [0.2, 0.25) is 5.75 Å². The molecule has 0 amide bonds. The van der Waals surface area contributed by atoms with E-state index in [1.165, 1.54) is 33.5 Å². The van der Waals surface area contributed by atoms with Gasteiger partial charge in [-0.05, 0) is 42.2 Å². The molecule has 3 rings (SSSR count). The number of benzene rings is 2. The molecule has 7 heteroatoms. The van der Waals surface area contributed by atoms with Crippen LogP contribution in [0.25, 0.3) is 0 Å². The third-order valence-electron chi connectivity index (χ3n) is 5.00. The Morgan fingerprint density at radius 3 is 2.25 bits per heavy atom. The van der Waals surface area contributed by atoms with Crippen LogP contribution in [-0.4, -0.2) is 39.7 Å². The SMILES string of the molecule is COc1cc(CC2NCC(Cc3ccc(F)cc3F)C2=O)cc(OC)c1OC. The number of hydrogen-bond acceptors (Lipinski definition) is 5. The summed E-state index contributed by atoms with van der Waals surface area (Å²) in [7, 11) is 4.60. The quantitative estimate of drug-likeness (QED) is 0.787. The predicted molar refractivity (Wildman–Crippen MR) is 100 cm³/mol. The van der Waals surface area contributed by atoms with E-state index in [4.69, 9.17) is 14.2 Å². The Labute approximate surface area is 162 Å². The second kappa shape index (κ2) is 8.56. The van der Waals surface area contributed by atoms with Gasteiger partial charge in [0.25, 0.3) is 0 Å². The maximum atomic E-state index is 13.9. The highest BCUT2D eigenvalue weighted by Gasteiger charge is 2.34. The number of methoxy groups -OCH3 is 3. The summed E-state index contributed by atoms with van der Waals surface area (Å²) in [5.41, 5.74) is 1.20. The third kappa shape index (κ3) is 4.09. The molecule has 0 saturated carbocycles. The smallest absolute Gasteiger partial charge is 0.203 e. The summed E-state index contributed by atoms with van der Waals surface area (Å²) in [6.07, 6.45) is 0.682. The van der Waals surface area contributed by atoms with E-state index in [0.717, 1.165) is 11.6 Å². The van der Waals surface area contributed by atoms with Crippen molar-refractivity contribution in [1.82, 2.24) is 5.32 Å². The third-order valence-corrected chi connectivity index (χ3v) is 5.00. The van der Waals surface area contributed by atoms with Gasteiger partial charge in [-0.25, -0.2) is 8.78 Å². The zero-order chi connectivity index (χ0) is 20.3. The number of rotatable bonds is 7. The second-order valence-corrected chi connectivity index (χ2v) is 6.74. The van der Waals surface area contributed by atoms with Gasteiger partial charge in [0.1, 0.15) is 11.6 Å². The van der Waals surface area contributed by atoms with Crippen molar-refractivity contribution in [3.05, 3.63) is 53.1 Å². The topological polar surface area (TPSA) is 56.8 Å². The lowest BCUT2D eigenvalue weighted by Gasteiger charge is -2.16. The van der Waals surface area contributed by atoms with Crippen LogP contribution in [-0.2, 0) is 17.6 Å². The molecule has 0 bridgehead atoms. The number of halogens is 2. The van der Waals surface area contributed by atoms with Crippen molar-refractivity contribution in [2.24, 2.45) is 5.92 Å². The molecule has 1 fully saturated rings. The zero-order valence-corrected chi connectivity index (χ0v) is 16.1. The minimum absolute atomic E-state index is 0.0116. The van der Waals surface area contributed by atoms with Gasteiger partial charge in [0.15, 0.2) is 17.3 Å². The minimum atomic E-state index is -0.627. The van der Waals surface area contributed by atoms with E-state index in [9.17, 15) is 13.6 Å². The van der Waals surface area contributed by atoms with Gasteiger partial charge in [0, 0.05) is 18.5 Å². The Balaban J connectivity index is 1.73. The normalized spacial score (nSPS) is 19.0. The molecule has 1 saturated heterocycles. The van der Waals surface area contributed by atoms with Crippen LogP contribution >= 0.6 is 0 Å². The molecule has 2 aromatic rings. The van der Waals surface area contributed by atoms with E-state index in [-0.39, 0.29) is 18.1 Å². The zero-order valence-electron chi connectivity index (χ0n) is 16.1. The van der Waals surface area contributed by atoms with E-state index in [0.29, 0.717) is 35.8 Å². The average Bonchev–Trinajstić information content (AvgIpc) is 3.02. The van der Waals surface area contributed by atoms with Crippen molar-refractivity contribution < 1.29 is 27.8 Å². The fraction of sp³-hybridized carbons (Fsp3) is 0.381. The Morgan fingerprint density at radius 2 is 1.68 bits per heavy atom. The molecule has 28 heavy (non-hydrogen) atoms. The first kappa shape index (κ1) is 20.1. The number of Topliss-reactive ketones (excluding diaryl/α,β-unsaturated/α-hetero) is 1. The molecule has 0 aromatic heterocycles. The highest BCUT2D eigenvalue weighted by atomic mass is 19.1. The van der Waals surface area contributed by atoms with E-state index in [1.54, 1.807) is 0 Å². The van der Waals surface area contributed by atoms with Crippen molar-refractivity contribution in [3.63, 3.8) is 0 Å². The summed E-state index contributed by atoms with van der Waals surface area (Å²) in [6, 6.07) is 6.67. The molecule has 1 aliphatic rings. The van der Waals surface area contributed by atoms with Gasteiger partial charge in [-0.15, -0.1) is 0 Å². The summed E-state index contributed by atoms with van der Waals surface area (Å²) in [5, 5.41) is 3.20. The maximum absolute atomic E-state index is 13.9. The fourth-order valence-electron chi connectivity index (χ4n) is 3.56. The number of carbonyl (C=O) groups is 1. The van der Waals surface area contributed by atoms with E-state index in [2.05, 4.69) is 5.32 Å². The Kier molecular flexibility index (Phi) is 6.14. The van der Waals surface area contributed by atoms with Crippen LogP contribution in [0.4, 0.5) is 8.78 Å². The number of carbonyl (C=O) groups excluding carboxylic acids is 1. The first-order valence-corrected chi connectivity index (χ1v) is 8.96. The Bertz CT molecular complexity index is 846. The van der Waals surface area contributed by atoms with Crippen LogP contribution in [0.3, 0.4) is 0 Å². The minimum Gasteiger partial charge on any atom is -0.493 e. The standard InChI is InChI=1S/C21H23F2NO4/c1-26-18-7-12(8-19(27-2)21(18)28-3)6-17-20(25)14(11-24-17)9-13-4-5-15(22)10-16(13)23/h4-5,7-8,10,14,17,24H,6,9,11H2,1-3H3. The maximum Gasteiger partial charge on any atom is 0.203 e. The van der Waals surface area contributed by atoms with Crippen molar-refractivity contribution in [2.75, 3.05) is 27.9 Å². The monoisotopic (exact) mass is 391 g/mol. The van der Waals surface area contributed by atoms with Crippen LogP contribution in [0.1, 0.15) is 11.1 Å². The van der Waals surface area contributed by atoms with Gasteiger partial charge in [-0.1, -0.05) is 6.07 Å². The van der Waals surface area contributed by atoms with Gasteiger partial charge in [0.05, 0.1) is 27.4 Å². The molecule has 0 radical (unpaired) electrons. The van der Waals surface area contributed by atoms with Gasteiger partial charge < -0.3 is 19.5 Å². The molecule has 0 aliphatic carbocycles. The molecule has 1 heterocycles. The highest BCUT2D eigenvalue weighted by molar-refractivity contribution is 5.89. The Hall–Kier alpha value is -2.67. The van der Waals surface area contributed by atoms with Crippen LogP contribution in [0.15, 0.2) is 30.3 Å². The first-order chi connectivity index (χ1) is 13.5. The summed E-state index contributed by atoms with van der Waals surface area (Å²) in [4.78, 5) is 12.8. The summed E-state index contributed by atoms with van der Waals surface area (Å²) in [5.74, 6) is -0.0636. The van der Waals surface area contributed by atoms with Crippen LogP contribution in [0.5, 0.6) is 17.2 Å². The number of ether oxygens (including phenoxy) is 3. The first-order valence-electron chi connectivity index (χ1n) is 8.96. The predicted octanol–water partition coefficient (Wildman–Crippen LogP) is 2.93. The molecule has 1 N–H and O–H groups in total. The summed E-state index contributed by atoms with van der Waals surface area (Å²) in [6.45, 7) is 0.449. The molecule has 2 aromatic carbocycles. The van der Waals surface area contributed by atoms with Crippen LogP contribution < -0.4 is 19.5 Å². The van der Waals surface area contributed by atoms with Crippen molar-refractivity contribution in [3.8, 4) is 17.2 Å². The molecule has 2 atom stereocenters. The fourth-order valence-corrected chi connectivity index (χ4v) is 3.56. The number of ketones is 1. The number of hydrogen-bond donors (Lipinski definition) is 1. The summed E-state index contributed by atoms with van der Waals surface area (Å²) >= 11 is 0. The van der Waals surface area contributed by atoms with Gasteiger partial charge in [-0.2, -0.15) is 0 Å². The van der Waals surface area contributed by atoms with Gasteiger partial charge in [-0.3, -0.25) is 4.79 Å². The molecule has 1 aliphatic heterocycles. The molecular weight excluding hydrogens is 368 g/mol. The van der Waals surface area contributed by atoms with Crippen molar-refractivity contribution in [2.45, 2.75) is 18.9 Å². The molecule has 150 valence electrons. The molecular formula is C21H23F2NO4. The van der Waals surface area contributed by atoms with E-state index >= 15 is 0 Å². The van der Waals surface area contributed by atoms with E-state index < -0.39 is 17.7 Å². The molecule has 5 nitrogen and oxygen atoms in total. The lowest BCUT2D eigenvalue weighted by atomic mass is 9.93. The lowest BCUT2D eigenvalue weighted by molar-refractivity contribution is -0.121.